The Morgan fingerprint density at radius 3 is 1.50 bits per heavy atom. The predicted octanol–water partition coefficient (Wildman–Crippen LogP) is 4.61. The molecule has 7 N–H and O–H groups in total. The van der Waals surface area contributed by atoms with Crippen LogP contribution >= 0.6 is 46.4 Å². The molecule has 5 aromatic carbocycles. The number of fused-ring (bicyclic) bond motifs is 14. The van der Waals surface area contributed by atoms with Crippen LogP contribution in [0.15, 0.2) is 132 Å². The number of hydrogen-bond acceptors (Lipinski definition) is 28. The summed E-state index contributed by atoms with van der Waals surface area (Å²) in [5.41, 5.74) is 4.47. The van der Waals surface area contributed by atoms with Gasteiger partial charge in [0.15, 0.2) is 48.1 Å². The van der Waals surface area contributed by atoms with Crippen LogP contribution in [0.5, 0.6) is 0 Å². The SMILES string of the molecule is CC(O)CNS(=O)(=O)CCCS(=O)(=O)CS(=O)(=O)CCCS(=O)(=O)NCC(C)O.CCS(=O)(=O)NCCCc1nc(Nc2cccc(S(=O)(=O)O)c2)nc(N(C)C)n1.Clc1c(Cl)c(Cl)c2c(c1Cl)C1=NC2=Nc2c3ccccc3c3n2Cn2c(c4ccccc4c2=N3)=NC2=NC(=N1)c1ccccc12.O=S(=O)=O. The Balaban J connectivity index is 0.000000189. The van der Waals surface area contributed by atoms with Crippen molar-refractivity contribution in [3.63, 3.8) is 0 Å². The number of aliphatic hydroxyl groups excluding tert-OH is 2. The van der Waals surface area contributed by atoms with Crippen molar-refractivity contribution < 1.29 is 77.9 Å². The third-order valence-electron chi connectivity index (χ3n) is 15.5. The minimum Gasteiger partial charge on any atom is -0.392 e. The molecule has 0 amide bonds. The molecule has 0 fully saturated rings. The molecule has 34 nitrogen and oxygen atoms in total. The van der Waals surface area contributed by atoms with Gasteiger partial charge in [0.1, 0.15) is 35.1 Å². The van der Waals surface area contributed by atoms with Crippen molar-refractivity contribution in [1.29, 1.82) is 0 Å². The van der Waals surface area contributed by atoms with Gasteiger partial charge in [-0.15, -0.1) is 12.6 Å². The van der Waals surface area contributed by atoms with Crippen LogP contribution in [-0.4, -0.2) is 205 Å². The molecule has 107 heavy (non-hydrogen) atoms. The van der Waals surface area contributed by atoms with E-state index in [-0.39, 0.29) is 75.0 Å². The van der Waals surface area contributed by atoms with Gasteiger partial charge >= 0.3 is 10.6 Å². The molecule has 6 bridgehead atoms. The number of aromatic nitrogens is 5. The highest BCUT2D eigenvalue weighted by atomic mass is 35.5. The van der Waals surface area contributed by atoms with Gasteiger partial charge in [0.2, 0.25) is 42.0 Å². The summed E-state index contributed by atoms with van der Waals surface area (Å²) < 4.78 is 185. The molecule has 8 aromatic rings. The average Bonchev–Trinajstić information content (AvgIpc) is 1.56. The number of nitrogens with one attached hydrogen (secondary N) is 4. The fraction of sp³-hybridized carbons (Fsp3) is 0.339. The fourth-order valence-corrected chi connectivity index (χ4v) is 19.9. The Morgan fingerprint density at radius 2 is 1.00 bits per heavy atom. The molecular formula is C62H68Cl4N16O18S7. The normalized spacial score (nSPS) is 14.3. The lowest BCUT2D eigenvalue weighted by Crippen LogP contribution is -2.33. The van der Waals surface area contributed by atoms with Crippen LogP contribution in [0.2, 0.25) is 20.1 Å². The van der Waals surface area contributed by atoms with Gasteiger partial charge in [-0.05, 0) is 58.2 Å². The van der Waals surface area contributed by atoms with Gasteiger partial charge in [-0.2, -0.15) is 23.4 Å². The maximum absolute atomic E-state index is 11.9. The Bertz CT molecular complexity index is 5870. The van der Waals surface area contributed by atoms with E-state index in [0.29, 0.717) is 71.4 Å². The highest BCUT2D eigenvalue weighted by Crippen LogP contribution is 2.46. The van der Waals surface area contributed by atoms with Gasteiger partial charge in [0.05, 0.1) is 77.1 Å². The first-order valence-electron chi connectivity index (χ1n) is 31.9. The molecule has 4 aliphatic rings. The van der Waals surface area contributed by atoms with Gasteiger partial charge in [-0.25, -0.2) is 86.2 Å². The number of sulfonamides is 3. The summed E-state index contributed by atoms with van der Waals surface area (Å²) in [5, 5.41) is 24.2. The lowest BCUT2D eigenvalue weighted by Gasteiger charge is -2.15. The van der Waals surface area contributed by atoms with E-state index < -0.39 is 111 Å². The number of amidine groups is 4. The largest absolute Gasteiger partial charge is 0.425 e. The first kappa shape index (κ1) is 83.4. The highest BCUT2D eigenvalue weighted by molar-refractivity contribution is 8.08. The van der Waals surface area contributed by atoms with E-state index in [4.69, 9.17) is 99.2 Å². The zero-order valence-corrected chi connectivity index (χ0v) is 65.7. The number of anilines is 3. The monoisotopic (exact) mass is 1690 g/mol. The van der Waals surface area contributed by atoms with E-state index in [1.807, 2.05) is 60.7 Å². The van der Waals surface area contributed by atoms with Crippen LogP contribution in [-0.2, 0) is 83.6 Å². The molecule has 0 aliphatic carbocycles. The first-order valence-corrected chi connectivity index (χ1v) is 44.4. The minimum absolute atomic E-state index is 0.0141. The average molecular weight is 1690 g/mol. The minimum atomic E-state index is -4.33. The molecule has 4 aliphatic heterocycles. The Kier molecular flexibility index (Phi) is 26.9. The van der Waals surface area contributed by atoms with Crippen molar-refractivity contribution in [2.75, 3.05) is 77.8 Å². The molecule has 0 spiro atoms. The van der Waals surface area contributed by atoms with Crippen LogP contribution in [0.3, 0.4) is 0 Å². The fourth-order valence-electron chi connectivity index (χ4n) is 10.7. The Labute approximate surface area is 636 Å². The number of rotatable bonds is 26. The van der Waals surface area contributed by atoms with Crippen molar-refractivity contribution >= 4 is 191 Å². The van der Waals surface area contributed by atoms with Crippen LogP contribution < -0.4 is 35.4 Å². The molecule has 0 radical (unpaired) electrons. The molecule has 7 heterocycles. The molecule has 0 saturated heterocycles. The highest BCUT2D eigenvalue weighted by Gasteiger charge is 2.35. The van der Waals surface area contributed by atoms with Crippen LogP contribution in [0.1, 0.15) is 68.1 Å². The second-order valence-corrected chi connectivity index (χ2v) is 38.2. The predicted molar refractivity (Wildman–Crippen MR) is 408 cm³/mol. The van der Waals surface area contributed by atoms with E-state index in [1.165, 1.54) is 32.0 Å². The Morgan fingerprint density at radius 1 is 0.533 bits per heavy atom. The third-order valence-corrected chi connectivity index (χ3v) is 27.2. The van der Waals surface area contributed by atoms with Crippen molar-refractivity contribution in [3.05, 3.63) is 156 Å². The van der Waals surface area contributed by atoms with E-state index in [9.17, 15) is 55.1 Å². The molecule has 45 heteroatoms. The van der Waals surface area contributed by atoms with E-state index in [2.05, 4.69) is 55.7 Å². The number of benzene rings is 5. The van der Waals surface area contributed by atoms with Gasteiger partial charge in [-0.1, -0.05) is 125 Å². The van der Waals surface area contributed by atoms with Gasteiger partial charge in [0.25, 0.3) is 10.1 Å². The maximum Gasteiger partial charge on any atom is 0.425 e. The molecule has 2 unspecified atom stereocenters. The lowest BCUT2D eigenvalue weighted by molar-refractivity contribution is 0.198. The summed E-state index contributed by atoms with van der Waals surface area (Å²) in [5.74, 6) is 1.58. The number of halogens is 4. The summed E-state index contributed by atoms with van der Waals surface area (Å²) in [6, 6.07) is 29.6. The summed E-state index contributed by atoms with van der Waals surface area (Å²) in [4.78, 5) is 44.7. The molecule has 574 valence electrons. The Hall–Kier alpha value is -7.69. The number of hydrogen-bond donors (Lipinski definition) is 7. The summed E-state index contributed by atoms with van der Waals surface area (Å²) in [6.07, 6.45) is -1.58. The topological polar surface area (TPSA) is 491 Å². The molecule has 0 saturated carbocycles. The summed E-state index contributed by atoms with van der Waals surface area (Å²) in [7, 11) is -23.0. The van der Waals surface area contributed by atoms with Gasteiger partial charge < -0.3 is 20.4 Å². The maximum atomic E-state index is 11.9. The number of aryl methyl sites for hydroxylation is 1. The second-order valence-electron chi connectivity index (χ2n) is 24.2. The number of aliphatic hydroxyl groups is 2. The number of sulfone groups is 2. The van der Waals surface area contributed by atoms with Gasteiger partial charge in [0, 0.05) is 78.5 Å². The quantitative estimate of drug-likeness (QED) is 0.0168. The molecule has 2 atom stereocenters. The van der Waals surface area contributed by atoms with E-state index in [0.717, 1.165) is 49.5 Å². The van der Waals surface area contributed by atoms with E-state index >= 15 is 0 Å². The van der Waals surface area contributed by atoms with Crippen LogP contribution in [0.4, 0.5) is 29.2 Å². The standard InChI is InChI=1S/C33H14Cl4N8.C16H24N6O5S2.C13H30N2O10S4.O3S/c34-22-20-21(23(35)25(37)24(22)36)29-40-28(20)39-26-14-7-1-2-8-15(14)27(38-26)41-30-16-9-3-5-11-18(16)32-43-33-19-12-6-4-10-17(19)31(42-29)45(33)13-44(30)32;1-4-28(23,24)17-10-6-9-14-19-15(21-16(20-14)22(2)3)18-12-7-5-8-13(11-12)29(25,26)27;1-12(16)9-14-28(22,23)7-3-5-26(18,19)11-27(20,21)6-4-8-29(24,25)15-10-13(2)17;1-4(2)3/h1-12H,13H2;5,7-8,11,17H,4,6,9-10H2,1-3H3,(H,25,26,27)(H,18,19,20,21);12-17H,3-11H2,1-2H3;. The first-order chi connectivity index (χ1) is 50.2. The van der Waals surface area contributed by atoms with Crippen molar-refractivity contribution in [2.45, 2.75) is 70.2 Å². The zero-order chi connectivity index (χ0) is 78.3. The van der Waals surface area contributed by atoms with Crippen molar-refractivity contribution in [2.24, 2.45) is 30.0 Å². The van der Waals surface area contributed by atoms with Crippen LogP contribution in [0, 0.1) is 0 Å². The van der Waals surface area contributed by atoms with Crippen molar-refractivity contribution in [1.82, 2.24) is 38.3 Å². The van der Waals surface area contributed by atoms with E-state index in [1.54, 1.807) is 32.0 Å². The number of nitrogens with zero attached hydrogens (tertiary/aromatic N) is 12. The molecular weight excluding hydrogens is 1620 g/mol. The smallest absolute Gasteiger partial charge is 0.392 e. The second kappa shape index (κ2) is 34.5. The molecule has 3 aromatic heterocycles. The van der Waals surface area contributed by atoms with Gasteiger partial charge in [-0.3, -0.25) is 13.7 Å². The van der Waals surface area contributed by atoms with Crippen LogP contribution in [0.25, 0.3) is 21.5 Å². The molecule has 12 rings (SSSR count). The lowest BCUT2D eigenvalue weighted by atomic mass is 10.1. The zero-order valence-electron chi connectivity index (χ0n) is 57.0. The third kappa shape index (κ3) is 21.4. The summed E-state index contributed by atoms with van der Waals surface area (Å²) >= 11 is 26.9. The van der Waals surface area contributed by atoms with Crippen molar-refractivity contribution in [3.8, 4) is 0 Å². The summed E-state index contributed by atoms with van der Waals surface area (Å²) in [6.45, 7) is 4.51. The number of aliphatic imine (C=N–C) groups is 4.